The zero-order valence-corrected chi connectivity index (χ0v) is 14.7. The van der Waals surface area contributed by atoms with Crippen molar-refractivity contribution < 1.29 is 8.42 Å². The van der Waals surface area contributed by atoms with Gasteiger partial charge in [-0.25, -0.2) is 13.1 Å². The minimum atomic E-state index is -3.55. The van der Waals surface area contributed by atoms with E-state index >= 15 is 0 Å². The summed E-state index contributed by atoms with van der Waals surface area (Å²) in [7, 11) is -3.55. The molecular weight excluding hydrogens is 360 g/mol. The summed E-state index contributed by atoms with van der Waals surface area (Å²) in [6.07, 6.45) is 0.340. The number of rotatable bonds is 7. The lowest BCUT2D eigenvalue weighted by Crippen LogP contribution is -2.26. The molecule has 0 amide bonds. The van der Waals surface area contributed by atoms with Gasteiger partial charge in [0.15, 0.2) is 11.5 Å². The van der Waals surface area contributed by atoms with Crippen LogP contribution in [-0.4, -0.2) is 40.5 Å². The van der Waals surface area contributed by atoms with Gasteiger partial charge in [0.1, 0.15) is 5.03 Å². The molecule has 128 valence electrons. The van der Waals surface area contributed by atoms with Gasteiger partial charge < -0.3 is 0 Å². The SMILES string of the molecule is N#CCSc1ccc2nnc(CCNS(=O)(=O)c3ccccc3)n2n1. The molecule has 2 heterocycles. The lowest BCUT2D eigenvalue weighted by Gasteiger charge is -2.06. The molecule has 3 rings (SSSR count). The first kappa shape index (κ1) is 17.3. The van der Waals surface area contributed by atoms with Gasteiger partial charge >= 0.3 is 0 Å². The molecule has 0 saturated carbocycles. The highest BCUT2D eigenvalue weighted by molar-refractivity contribution is 7.99. The fourth-order valence-corrected chi connectivity index (χ4v) is 3.70. The Bertz CT molecular complexity index is 1010. The second-order valence-electron chi connectivity index (χ2n) is 4.97. The quantitative estimate of drug-likeness (QED) is 0.619. The zero-order chi connectivity index (χ0) is 17.7. The van der Waals surface area contributed by atoms with E-state index in [2.05, 4.69) is 20.0 Å². The van der Waals surface area contributed by atoms with Gasteiger partial charge in [-0.15, -0.1) is 10.2 Å². The minimum absolute atomic E-state index is 0.176. The lowest BCUT2D eigenvalue weighted by atomic mass is 10.4. The number of thioether (sulfide) groups is 1. The summed E-state index contributed by atoms with van der Waals surface area (Å²) in [5, 5.41) is 21.8. The van der Waals surface area contributed by atoms with E-state index in [-0.39, 0.29) is 11.4 Å². The molecule has 0 atom stereocenters. The molecule has 1 N–H and O–H groups in total. The van der Waals surface area contributed by atoms with Gasteiger partial charge in [-0.1, -0.05) is 30.0 Å². The second kappa shape index (κ2) is 7.60. The lowest BCUT2D eigenvalue weighted by molar-refractivity contribution is 0.580. The Morgan fingerprint density at radius 2 is 1.96 bits per heavy atom. The normalized spacial score (nSPS) is 11.5. The summed E-state index contributed by atoms with van der Waals surface area (Å²) >= 11 is 1.31. The monoisotopic (exact) mass is 374 g/mol. The second-order valence-corrected chi connectivity index (χ2v) is 7.73. The third-order valence-corrected chi connectivity index (χ3v) is 5.55. The fraction of sp³-hybridized carbons (Fsp3) is 0.200. The molecule has 0 unspecified atom stereocenters. The van der Waals surface area contributed by atoms with Gasteiger partial charge in [0.05, 0.1) is 16.7 Å². The summed E-state index contributed by atoms with van der Waals surface area (Å²) in [5.41, 5.74) is 0.572. The smallest absolute Gasteiger partial charge is 0.211 e. The number of nitrogens with one attached hydrogen (secondary N) is 1. The number of fused-ring (bicyclic) bond motifs is 1. The topological polar surface area (TPSA) is 113 Å². The Kier molecular flexibility index (Phi) is 5.28. The number of hydrogen-bond acceptors (Lipinski definition) is 7. The van der Waals surface area contributed by atoms with Crippen molar-refractivity contribution in [3.8, 4) is 6.07 Å². The molecular formula is C15H14N6O2S2. The number of nitriles is 1. The molecule has 1 aromatic carbocycles. The van der Waals surface area contributed by atoms with Crippen molar-refractivity contribution in [3.63, 3.8) is 0 Å². The van der Waals surface area contributed by atoms with E-state index in [0.717, 1.165) is 0 Å². The van der Waals surface area contributed by atoms with Crippen molar-refractivity contribution in [2.45, 2.75) is 16.3 Å². The molecule has 0 radical (unpaired) electrons. The third kappa shape index (κ3) is 4.14. The maximum atomic E-state index is 12.2. The van der Waals surface area contributed by atoms with Crippen LogP contribution in [0.3, 0.4) is 0 Å². The van der Waals surface area contributed by atoms with Crippen LogP contribution in [0.4, 0.5) is 0 Å². The molecule has 8 nitrogen and oxygen atoms in total. The van der Waals surface area contributed by atoms with Crippen LogP contribution in [0, 0.1) is 11.3 Å². The van der Waals surface area contributed by atoms with Gasteiger partial charge in [0.2, 0.25) is 10.0 Å². The maximum Gasteiger partial charge on any atom is 0.240 e. The van der Waals surface area contributed by atoms with Crippen LogP contribution in [0.5, 0.6) is 0 Å². The Morgan fingerprint density at radius 3 is 2.72 bits per heavy atom. The van der Waals surface area contributed by atoms with E-state index in [4.69, 9.17) is 5.26 Å². The Morgan fingerprint density at radius 1 is 1.16 bits per heavy atom. The highest BCUT2D eigenvalue weighted by atomic mass is 32.2. The van der Waals surface area contributed by atoms with Crippen LogP contribution >= 0.6 is 11.8 Å². The van der Waals surface area contributed by atoms with E-state index in [1.54, 1.807) is 34.8 Å². The first-order valence-electron chi connectivity index (χ1n) is 7.36. The summed E-state index contributed by atoms with van der Waals surface area (Å²) in [4.78, 5) is 0.217. The highest BCUT2D eigenvalue weighted by Crippen LogP contribution is 2.15. The molecule has 0 saturated heterocycles. The first-order valence-corrected chi connectivity index (χ1v) is 9.83. The standard InChI is InChI=1S/C15H14N6O2S2/c16-9-11-24-15-7-6-13-18-19-14(21(13)20-15)8-10-17-25(22,23)12-4-2-1-3-5-12/h1-7,17H,8,10-11H2. The molecule has 0 aliphatic rings. The number of sulfonamides is 1. The van der Waals surface area contributed by atoms with E-state index in [9.17, 15) is 8.42 Å². The van der Waals surface area contributed by atoms with Gasteiger partial charge in [0, 0.05) is 13.0 Å². The Labute approximate surface area is 148 Å². The molecule has 0 bridgehead atoms. The van der Waals surface area contributed by atoms with Gasteiger partial charge in [-0.3, -0.25) is 0 Å². The first-order chi connectivity index (χ1) is 12.1. The van der Waals surface area contributed by atoms with Crippen molar-refractivity contribution in [1.82, 2.24) is 24.5 Å². The van der Waals surface area contributed by atoms with E-state index in [1.807, 2.05) is 6.07 Å². The van der Waals surface area contributed by atoms with Crippen LogP contribution in [0.1, 0.15) is 5.82 Å². The average Bonchev–Trinajstić information content (AvgIpc) is 3.03. The number of nitrogens with zero attached hydrogens (tertiary/aromatic N) is 5. The van der Waals surface area contributed by atoms with Crippen LogP contribution in [0.15, 0.2) is 52.4 Å². The van der Waals surface area contributed by atoms with Crippen LogP contribution in [-0.2, 0) is 16.4 Å². The maximum absolute atomic E-state index is 12.2. The fourth-order valence-electron chi connectivity index (χ4n) is 2.14. The molecule has 2 aromatic heterocycles. The van der Waals surface area contributed by atoms with E-state index in [1.165, 1.54) is 23.9 Å². The van der Waals surface area contributed by atoms with Crippen molar-refractivity contribution >= 4 is 27.4 Å². The van der Waals surface area contributed by atoms with Crippen LogP contribution in [0.2, 0.25) is 0 Å². The predicted octanol–water partition coefficient (Wildman–Crippen LogP) is 1.26. The van der Waals surface area contributed by atoms with Crippen LogP contribution in [0.25, 0.3) is 5.65 Å². The molecule has 0 spiro atoms. The van der Waals surface area contributed by atoms with Crippen molar-refractivity contribution in [2.24, 2.45) is 0 Å². The molecule has 3 aromatic rings. The Hall–Kier alpha value is -2.48. The Balaban J connectivity index is 1.70. The molecule has 25 heavy (non-hydrogen) atoms. The molecule has 0 fully saturated rings. The van der Waals surface area contributed by atoms with Crippen molar-refractivity contribution in [3.05, 3.63) is 48.3 Å². The van der Waals surface area contributed by atoms with E-state index in [0.29, 0.717) is 28.7 Å². The van der Waals surface area contributed by atoms with Gasteiger partial charge in [0.25, 0.3) is 0 Å². The zero-order valence-electron chi connectivity index (χ0n) is 13.0. The van der Waals surface area contributed by atoms with Gasteiger partial charge in [-0.2, -0.15) is 14.9 Å². The van der Waals surface area contributed by atoms with Gasteiger partial charge in [-0.05, 0) is 24.3 Å². The number of benzene rings is 1. The van der Waals surface area contributed by atoms with E-state index < -0.39 is 10.0 Å². The van der Waals surface area contributed by atoms with Crippen LogP contribution < -0.4 is 4.72 Å². The van der Waals surface area contributed by atoms with Crippen molar-refractivity contribution in [2.75, 3.05) is 12.3 Å². The third-order valence-electron chi connectivity index (χ3n) is 3.28. The predicted molar refractivity (Wildman–Crippen MR) is 92.5 cm³/mol. The summed E-state index contributed by atoms with van der Waals surface area (Å²) in [6, 6.07) is 13.8. The number of hydrogen-bond donors (Lipinski definition) is 1. The molecule has 10 heteroatoms. The van der Waals surface area contributed by atoms with Crippen molar-refractivity contribution in [1.29, 1.82) is 5.26 Å². The minimum Gasteiger partial charge on any atom is -0.211 e. The highest BCUT2D eigenvalue weighted by Gasteiger charge is 2.14. The molecule has 0 aliphatic heterocycles. The molecule has 0 aliphatic carbocycles. The number of aromatic nitrogens is 4. The summed E-state index contributed by atoms with van der Waals surface area (Å²) in [6.45, 7) is 0.176. The largest absolute Gasteiger partial charge is 0.240 e. The average molecular weight is 374 g/mol. The summed E-state index contributed by atoms with van der Waals surface area (Å²) in [5.74, 6) is 0.845. The summed E-state index contributed by atoms with van der Waals surface area (Å²) < 4.78 is 28.5.